The van der Waals surface area contributed by atoms with Crippen LogP contribution in [0, 0.1) is 30.2 Å². The largest absolute Gasteiger partial charge is 0.483 e. The normalized spacial score (nSPS) is 11.0. The van der Waals surface area contributed by atoms with Crippen molar-refractivity contribution in [3.05, 3.63) is 69.4 Å². The fourth-order valence-electron chi connectivity index (χ4n) is 2.76. The van der Waals surface area contributed by atoms with E-state index < -0.39 is 53.6 Å². The quantitative estimate of drug-likeness (QED) is 0.352. The number of halogens is 5. The molecule has 0 aliphatic carbocycles. The van der Waals surface area contributed by atoms with Gasteiger partial charge in [0, 0.05) is 17.5 Å². The Morgan fingerprint density at radius 2 is 1.90 bits per heavy atom. The van der Waals surface area contributed by atoms with Gasteiger partial charge in [-0.05, 0) is 48.1 Å². The number of aryl methyl sites for hydroxylation is 2. The molecule has 0 radical (unpaired) electrons. The summed E-state index contributed by atoms with van der Waals surface area (Å²) in [5.74, 6) is -6.92. The number of ether oxygens (including phenoxy) is 1. The molecule has 0 saturated carbocycles. The standard InChI is InChI=1S/C20H14ClF4NO3S/c1-9-2-4-11(13(22)6-9)19-12(20(21)26-30-19)8-29-18-14(23)7-10(3-5-15(27)28)16(24)17(18)25/h2,4,6-7H,3,5,8H2,1H3,(H,27,28). The Labute approximate surface area is 177 Å². The molecule has 30 heavy (non-hydrogen) atoms. The summed E-state index contributed by atoms with van der Waals surface area (Å²) in [5, 5.41) is 8.62. The van der Waals surface area contributed by atoms with Crippen LogP contribution in [-0.2, 0) is 17.8 Å². The Hall–Kier alpha value is -2.65. The van der Waals surface area contributed by atoms with Crippen molar-refractivity contribution in [1.29, 1.82) is 0 Å². The first-order valence-corrected chi connectivity index (χ1v) is 9.75. The minimum absolute atomic E-state index is 0.0330. The van der Waals surface area contributed by atoms with Crippen molar-refractivity contribution in [1.82, 2.24) is 4.37 Å². The summed E-state index contributed by atoms with van der Waals surface area (Å²) in [7, 11) is 0. The van der Waals surface area contributed by atoms with E-state index in [9.17, 15) is 22.4 Å². The molecule has 0 aliphatic rings. The summed E-state index contributed by atoms with van der Waals surface area (Å²) in [6, 6.07) is 5.21. The second-order valence-corrected chi connectivity index (χ2v) is 7.55. The van der Waals surface area contributed by atoms with E-state index >= 15 is 0 Å². The Morgan fingerprint density at radius 3 is 2.57 bits per heavy atom. The first kappa shape index (κ1) is 22.0. The highest BCUT2D eigenvalue weighted by atomic mass is 35.5. The van der Waals surface area contributed by atoms with Crippen molar-refractivity contribution in [2.45, 2.75) is 26.4 Å². The van der Waals surface area contributed by atoms with E-state index in [0.717, 1.165) is 11.5 Å². The van der Waals surface area contributed by atoms with Crippen LogP contribution in [0.4, 0.5) is 17.6 Å². The predicted octanol–water partition coefficient (Wildman–Crippen LogP) is 5.92. The van der Waals surface area contributed by atoms with E-state index in [-0.39, 0.29) is 22.7 Å². The van der Waals surface area contributed by atoms with Crippen molar-refractivity contribution in [3.63, 3.8) is 0 Å². The Balaban J connectivity index is 1.89. The lowest BCUT2D eigenvalue weighted by Gasteiger charge is -2.12. The Bertz CT molecular complexity index is 1120. The monoisotopic (exact) mass is 459 g/mol. The van der Waals surface area contributed by atoms with Crippen LogP contribution in [-0.4, -0.2) is 15.4 Å². The number of benzene rings is 2. The lowest BCUT2D eigenvalue weighted by molar-refractivity contribution is -0.136. The summed E-state index contributed by atoms with van der Waals surface area (Å²) >= 11 is 6.92. The zero-order valence-electron chi connectivity index (χ0n) is 15.4. The zero-order chi connectivity index (χ0) is 22.0. The van der Waals surface area contributed by atoms with Gasteiger partial charge in [0.1, 0.15) is 17.6 Å². The highest BCUT2D eigenvalue weighted by Gasteiger charge is 2.23. The molecule has 10 heteroatoms. The van der Waals surface area contributed by atoms with E-state index in [1.54, 1.807) is 13.0 Å². The van der Waals surface area contributed by atoms with Crippen LogP contribution in [0.3, 0.4) is 0 Å². The third kappa shape index (κ3) is 4.57. The molecule has 0 amide bonds. The number of aliphatic carboxylic acids is 1. The molecule has 3 aromatic rings. The van der Waals surface area contributed by atoms with Crippen molar-refractivity contribution < 1.29 is 32.2 Å². The molecule has 0 atom stereocenters. The van der Waals surface area contributed by atoms with Crippen LogP contribution in [0.15, 0.2) is 24.3 Å². The second kappa shape index (κ2) is 9.01. The van der Waals surface area contributed by atoms with Crippen molar-refractivity contribution in [2.75, 3.05) is 0 Å². The van der Waals surface area contributed by atoms with Crippen molar-refractivity contribution in [3.8, 4) is 16.2 Å². The van der Waals surface area contributed by atoms with Gasteiger partial charge in [-0.1, -0.05) is 23.7 Å². The van der Waals surface area contributed by atoms with Gasteiger partial charge in [-0.3, -0.25) is 4.79 Å². The molecule has 0 aliphatic heterocycles. The van der Waals surface area contributed by atoms with E-state index in [0.29, 0.717) is 16.5 Å². The van der Waals surface area contributed by atoms with Crippen molar-refractivity contribution in [2.24, 2.45) is 0 Å². The number of aromatic nitrogens is 1. The molecule has 0 bridgehead atoms. The van der Waals surface area contributed by atoms with Crippen LogP contribution in [0.25, 0.3) is 10.4 Å². The lowest BCUT2D eigenvalue weighted by Crippen LogP contribution is -2.06. The number of hydrogen-bond acceptors (Lipinski definition) is 4. The molecule has 4 nitrogen and oxygen atoms in total. The van der Waals surface area contributed by atoms with E-state index in [4.69, 9.17) is 21.4 Å². The number of carboxylic acid groups (broad SMARTS) is 1. The van der Waals surface area contributed by atoms with Crippen molar-refractivity contribution >= 4 is 29.1 Å². The topological polar surface area (TPSA) is 59.4 Å². The van der Waals surface area contributed by atoms with Gasteiger partial charge >= 0.3 is 5.97 Å². The minimum Gasteiger partial charge on any atom is -0.483 e. The molecule has 0 spiro atoms. The Morgan fingerprint density at radius 1 is 1.17 bits per heavy atom. The maximum Gasteiger partial charge on any atom is 0.303 e. The van der Waals surface area contributed by atoms with Gasteiger partial charge in [0.15, 0.2) is 17.4 Å². The second-order valence-electron chi connectivity index (χ2n) is 6.42. The SMILES string of the molecule is Cc1ccc(-c2snc(Cl)c2COc2c(F)cc(CCC(=O)O)c(F)c2F)c(F)c1. The summed E-state index contributed by atoms with van der Waals surface area (Å²) in [6.07, 6.45) is -0.871. The molecular formula is C20H14ClF4NO3S. The molecule has 1 heterocycles. The molecule has 1 aromatic heterocycles. The summed E-state index contributed by atoms with van der Waals surface area (Å²) in [6.45, 7) is 1.23. The lowest BCUT2D eigenvalue weighted by atomic mass is 10.1. The molecule has 1 N–H and O–H groups in total. The van der Waals surface area contributed by atoms with Gasteiger partial charge in [-0.2, -0.15) is 8.76 Å². The van der Waals surface area contributed by atoms with Gasteiger partial charge in [0.05, 0.1) is 4.88 Å². The zero-order valence-corrected chi connectivity index (χ0v) is 17.0. The number of hydrogen-bond donors (Lipinski definition) is 1. The molecule has 0 unspecified atom stereocenters. The fraction of sp³-hybridized carbons (Fsp3) is 0.200. The van der Waals surface area contributed by atoms with Gasteiger partial charge < -0.3 is 9.84 Å². The first-order valence-electron chi connectivity index (χ1n) is 8.60. The Kier molecular flexibility index (Phi) is 6.62. The predicted molar refractivity (Wildman–Crippen MR) is 104 cm³/mol. The van der Waals surface area contributed by atoms with Gasteiger partial charge in [0.2, 0.25) is 5.82 Å². The average Bonchev–Trinajstić information content (AvgIpc) is 3.04. The summed E-state index contributed by atoms with van der Waals surface area (Å²) < 4.78 is 66.2. The summed E-state index contributed by atoms with van der Waals surface area (Å²) in [5.41, 5.74) is 0.669. The van der Waals surface area contributed by atoms with E-state index in [1.807, 2.05) is 0 Å². The third-order valence-corrected chi connectivity index (χ3v) is 5.61. The maximum atomic E-state index is 14.3. The molecular weight excluding hydrogens is 446 g/mol. The van der Waals surface area contributed by atoms with E-state index in [2.05, 4.69) is 4.37 Å². The van der Waals surface area contributed by atoms with Gasteiger partial charge in [-0.25, -0.2) is 13.2 Å². The van der Waals surface area contributed by atoms with E-state index in [1.165, 1.54) is 12.1 Å². The van der Waals surface area contributed by atoms with Crippen LogP contribution in [0.5, 0.6) is 5.75 Å². The third-order valence-electron chi connectivity index (χ3n) is 4.27. The fourth-order valence-corrected chi connectivity index (χ4v) is 3.88. The number of carboxylic acids is 1. The van der Waals surface area contributed by atoms with Gasteiger partial charge in [0.25, 0.3) is 0 Å². The van der Waals surface area contributed by atoms with Gasteiger partial charge in [-0.15, -0.1) is 0 Å². The smallest absolute Gasteiger partial charge is 0.303 e. The molecule has 3 rings (SSSR count). The van der Waals surface area contributed by atoms with Crippen LogP contribution < -0.4 is 4.74 Å². The summed E-state index contributed by atoms with van der Waals surface area (Å²) in [4.78, 5) is 10.9. The highest BCUT2D eigenvalue weighted by molar-refractivity contribution is 7.10. The number of nitrogens with zero attached hydrogens (tertiary/aromatic N) is 1. The number of rotatable bonds is 7. The average molecular weight is 460 g/mol. The minimum atomic E-state index is -1.59. The number of carbonyl (C=O) groups is 1. The van der Waals surface area contributed by atoms with Crippen LogP contribution >= 0.6 is 23.1 Å². The first-order chi connectivity index (χ1) is 14.2. The molecule has 0 fully saturated rings. The molecule has 2 aromatic carbocycles. The highest BCUT2D eigenvalue weighted by Crippen LogP contribution is 2.36. The van der Waals surface area contributed by atoms with Crippen LogP contribution in [0.2, 0.25) is 5.15 Å². The molecule has 158 valence electrons. The van der Waals surface area contributed by atoms with Crippen LogP contribution in [0.1, 0.15) is 23.1 Å². The molecule has 0 saturated heterocycles. The maximum absolute atomic E-state index is 14.3.